The number of benzene rings is 2. The molecule has 10 heteroatoms. The number of rotatable bonds is 13. The number of unbranched alkanes of at least 4 members (excludes halogenated alkanes) is 1. The van der Waals surface area contributed by atoms with E-state index in [1.807, 2.05) is 42.5 Å². The van der Waals surface area contributed by atoms with Crippen LogP contribution in [-0.4, -0.2) is 68.8 Å². The molecular weight excluding hydrogens is 601 g/mol. The Morgan fingerprint density at radius 1 is 0.909 bits per heavy atom. The van der Waals surface area contributed by atoms with E-state index in [1.165, 1.54) is 0 Å². The van der Waals surface area contributed by atoms with Gasteiger partial charge in [-0.05, 0) is 67.0 Å². The summed E-state index contributed by atoms with van der Waals surface area (Å²) in [6, 6.07) is 15.3. The smallest absolute Gasteiger partial charge is 0.494 e. The molecule has 0 aliphatic carbocycles. The number of carbonyl (C=O) groups excluding carboxylic acids is 1. The first kappa shape index (κ1) is 33.9. The molecule has 0 amide bonds. The molecule has 0 spiro atoms. The predicted molar refractivity (Wildman–Crippen MR) is 177 cm³/mol. The lowest BCUT2D eigenvalue weighted by Crippen LogP contribution is -2.46. The lowest BCUT2D eigenvalue weighted by atomic mass is 9.77. The van der Waals surface area contributed by atoms with Gasteiger partial charge >= 0.3 is 6.16 Å². The summed E-state index contributed by atoms with van der Waals surface area (Å²) in [5, 5.41) is 2.19. The summed E-state index contributed by atoms with van der Waals surface area (Å²) < 4.78 is 22.0. The van der Waals surface area contributed by atoms with E-state index in [4.69, 9.17) is 42.1 Å². The first-order chi connectivity index (χ1) is 20.9. The van der Waals surface area contributed by atoms with Gasteiger partial charge in [0, 0.05) is 43.7 Å². The molecule has 0 saturated carbocycles. The molecule has 1 fully saturated rings. The molecule has 0 N–H and O–H groups in total. The second-order valence-corrected chi connectivity index (χ2v) is 14.1. The minimum Gasteiger partial charge on any atom is -0.494 e. The molecule has 2 heterocycles. The number of fused-ring (bicyclic) bond motifs is 1. The monoisotopic (exact) mass is 645 g/mol. The summed E-state index contributed by atoms with van der Waals surface area (Å²) >= 11 is 12.6. The van der Waals surface area contributed by atoms with Crippen molar-refractivity contribution < 1.29 is 23.7 Å². The number of halogens is 2. The van der Waals surface area contributed by atoms with Crippen LogP contribution in [0.15, 0.2) is 48.5 Å². The van der Waals surface area contributed by atoms with Crippen molar-refractivity contribution in [3.63, 3.8) is 0 Å². The van der Waals surface area contributed by atoms with E-state index in [0.29, 0.717) is 22.5 Å². The molecule has 0 atom stereocenters. The number of ether oxygens (including phenoxy) is 4. The lowest BCUT2D eigenvalue weighted by Gasteiger charge is -2.36. The van der Waals surface area contributed by atoms with Crippen LogP contribution in [0, 0.1) is 10.8 Å². The third-order valence-corrected chi connectivity index (χ3v) is 8.20. The summed E-state index contributed by atoms with van der Waals surface area (Å²) in [7, 11) is 0. The molecule has 1 saturated heterocycles. The third kappa shape index (κ3) is 10.6. The molecule has 0 unspecified atom stereocenters. The van der Waals surface area contributed by atoms with Gasteiger partial charge in [-0.25, -0.2) is 9.78 Å². The summed E-state index contributed by atoms with van der Waals surface area (Å²) in [6.45, 7) is 16.1. The third-order valence-electron chi connectivity index (χ3n) is 7.39. The zero-order valence-electron chi connectivity index (χ0n) is 26.5. The Morgan fingerprint density at radius 3 is 2.41 bits per heavy atom. The molecule has 240 valence electrons. The molecular formula is C34H45Cl2N3O5. The van der Waals surface area contributed by atoms with Crippen LogP contribution >= 0.6 is 23.2 Å². The number of anilines is 1. The van der Waals surface area contributed by atoms with Crippen molar-refractivity contribution in [2.45, 2.75) is 53.9 Å². The zero-order valence-corrected chi connectivity index (χ0v) is 28.0. The van der Waals surface area contributed by atoms with Crippen molar-refractivity contribution in [3.05, 3.63) is 58.6 Å². The van der Waals surface area contributed by atoms with Gasteiger partial charge in [-0.2, -0.15) is 0 Å². The Morgan fingerprint density at radius 2 is 1.66 bits per heavy atom. The van der Waals surface area contributed by atoms with Crippen LogP contribution in [0.4, 0.5) is 10.5 Å². The van der Waals surface area contributed by atoms with Gasteiger partial charge in [0.2, 0.25) is 12.7 Å². The normalized spacial score (nSPS) is 14.5. The van der Waals surface area contributed by atoms with Gasteiger partial charge in [-0.15, -0.1) is 0 Å². The van der Waals surface area contributed by atoms with E-state index in [1.54, 1.807) is 6.07 Å². The van der Waals surface area contributed by atoms with E-state index in [2.05, 4.69) is 49.4 Å². The quantitative estimate of drug-likeness (QED) is 0.104. The van der Waals surface area contributed by atoms with Crippen molar-refractivity contribution in [2.24, 2.45) is 10.8 Å². The molecule has 1 aliphatic rings. The maximum Gasteiger partial charge on any atom is 0.511 e. The SMILES string of the molecule is CC(C)(C)CC(C)(C)COC(=O)OCOc1ccc2ccc(OCCCCN3CCN(c4cccc(Cl)c4Cl)CC3)cc2n1. The number of nitrogens with zero attached hydrogens (tertiary/aromatic N) is 3. The maximum absolute atomic E-state index is 12.1. The maximum atomic E-state index is 12.1. The molecule has 8 nitrogen and oxygen atoms in total. The highest BCUT2D eigenvalue weighted by molar-refractivity contribution is 6.43. The van der Waals surface area contributed by atoms with Crippen LogP contribution < -0.4 is 14.4 Å². The lowest BCUT2D eigenvalue weighted by molar-refractivity contribution is -0.0159. The van der Waals surface area contributed by atoms with Crippen LogP contribution in [0.25, 0.3) is 10.9 Å². The Kier molecular flexibility index (Phi) is 11.9. The second-order valence-electron chi connectivity index (χ2n) is 13.3. The van der Waals surface area contributed by atoms with Crippen LogP contribution in [-0.2, 0) is 9.47 Å². The summed E-state index contributed by atoms with van der Waals surface area (Å²) in [6.07, 6.45) is 2.16. The molecule has 0 bridgehead atoms. The topological polar surface area (TPSA) is 73.4 Å². The van der Waals surface area contributed by atoms with Crippen LogP contribution in [0.2, 0.25) is 10.0 Å². The number of aromatic nitrogens is 1. The molecule has 44 heavy (non-hydrogen) atoms. The molecule has 2 aromatic carbocycles. The fraction of sp³-hybridized carbons (Fsp3) is 0.529. The van der Waals surface area contributed by atoms with Gasteiger partial charge < -0.3 is 23.8 Å². The van der Waals surface area contributed by atoms with Crippen LogP contribution in [0.1, 0.15) is 53.9 Å². The van der Waals surface area contributed by atoms with E-state index >= 15 is 0 Å². The van der Waals surface area contributed by atoms with Gasteiger partial charge in [0.25, 0.3) is 0 Å². The summed E-state index contributed by atoms with van der Waals surface area (Å²) in [4.78, 5) is 21.4. The molecule has 3 aromatic rings. The highest BCUT2D eigenvalue weighted by Crippen LogP contribution is 2.34. The zero-order chi connectivity index (χ0) is 31.7. The van der Waals surface area contributed by atoms with E-state index in [0.717, 1.165) is 74.3 Å². The number of carbonyl (C=O) groups is 1. The highest BCUT2D eigenvalue weighted by Gasteiger charge is 2.27. The van der Waals surface area contributed by atoms with Gasteiger partial charge in [0.05, 0.1) is 27.9 Å². The number of pyridine rings is 1. The van der Waals surface area contributed by atoms with Gasteiger partial charge in [-0.3, -0.25) is 4.90 Å². The standard InChI is InChI=1S/C34H45Cl2N3O5/c1-33(2,3)22-34(4,5)23-42-32(40)44-24-43-30-14-12-25-11-13-26(21-28(25)37-30)41-20-7-6-15-38-16-18-39(19-17-38)29-10-8-9-27(35)31(29)36/h8-14,21H,6-7,15-20,22-24H2,1-5H3. The largest absolute Gasteiger partial charge is 0.511 e. The fourth-order valence-corrected chi connectivity index (χ4v) is 6.16. The van der Waals surface area contributed by atoms with Gasteiger partial charge in [-0.1, -0.05) is 63.9 Å². The summed E-state index contributed by atoms with van der Waals surface area (Å²) in [5.74, 6) is 1.11. The second kappa shape index (κ2) is 15.4. The van der Waals surface area contributed by atoms with Crippen LogP contribution in [0.3, 0.4) is 0 Å². The van der Waals surface area contributed by atoms with Gasteiger partial charge in [0.1, 0.15) is 12.4 Å². The average molecular weight is 647 g/mol. The Bertz CT molecular complexity index is 1390. The number of hydrogen-bond donors (Lipinski definition) is 0. The van der Waals surface area contributed by atoms with E-state index < -0.39 is 6.16 Å². The van der Waals surface area contributed by atoms with Crippen molar-refractivity contribution in [1.82, 2.24) is 9.88 Å². The first-order valence-electron chi connectivity index (χ1n) is 15.3. The van der Waals surface area contributed by atoms with Crippen molar-refractivity contribution in [3.8, 4) is 11.6 Å². The Labute approximate surface area is 271 Å². The van der Waals surface area contributed by atoms with Crippen molar-refractivity contribution in [1.29, 1.82) is 0 Å². The predicted octanol–water partition coefficient (Wildman–Crippen LogP) is 8.47. The molecule has 0 radical (unpaired) electrons. The summed E-state index contributed by atoms with van der Waals surface area (Å²) in [5.41, 5.74) is 1.74. The van der Waals surface area contributed by atoms with E-state index in [9.17, 15) is 4.79 Å². The molecule has 1 aliphatic heterocycles. The minimum absolute atomic E-state index is 0.138. The minimum atomic E-state index is -0.756. The van der Waals surface area contributed by atoms with Crippen molar-refractivity contribution >= 4 is 45.9 Å². The Hall–Kier alpha value is -2.94. The van der Waals surface area contributed by atoms with E-state index in [-0.39, 0.29) is 24.2 Å². The molecule has 4 rings (SSSR count). The average Bonchev–Trinajstić information content (AvgIpc) is 2.96. The van der Waals surface area contributed by atoms with Crippen molar-refractivity contribution in [2.75, 3.05) is 57.6 Å². The number of hydrogen-bond acceptors (Lipinski definition) is 8. The molecule has 1 aromatic heterocycles. The highest BCUT2D eigenvalue weighted by atomic mass is 35.5. The first-order valence-corrected chi connectivity index (χ1v) is 16.0. The van der Waals surface area contributed by atoms with Crippen LogP contribution in [0.5, 0.6) is 11.6 Å². The number of piperazine rings is 1. The fourth-order valence-electron chi connectivity index (χ4n) is 5.75. The van der Waals surface area contributed by atoms with Gasteiger partial charge in [0.15, 0.2) is 0 Å². The Balaban J connectivity index is 1.14.